The second kappa shape index (κ2) is 6.13. The standard InChI is InChI=1S/C15H16N4OS/c1-21-13-6-3-2-5-12(13)14(20)19-9-11(10-19)18-15-16-7-4-8-17-15/h2-8,11H,9-10H2,1H3,(H,16,17,18). The van der Waals surface area contributed by atoms with Gasteiger partial charge in [0, 0.05) is 30.4 Å². The molecule has 3 rings (SSSR count). The Morgan fingerprint density at radius 2 is 1.95 bits per heavy atom. The second-order valence-corrected chi connectivity index (χ2v) is 5.67. The van der Waals surface area contributed by atoms with Crippen LogP contribution in [0.1, 0.15) is 10.4 Å². The summed E-state index contributed by atoms with van der Waals surface area (Å²) in [5.41, 5.74) is 0.777. The average molecular weight is 300 g/mol. The minimum Gasteiger partial charge on any atom is -0.348 e. The fourth-order valence-electron chi connectivity index (χ4n) is 2.28. The van der Waals surface area contributed by atoms with Gasteiger partial charge in [-0.1, -0.05) is 12.1 Å². The number of thioether (sulfide) groups is 1. The molecule has 5 nitrogen and oxygen atoms in total. The summed E-state index contributed by atoms with van der Waals surface area (Å²) in [6, 6.07) is 9.72. The highest BCUT2D eigenvalue weighted by Crippen LogP contribution is 2.23. The number of rotatable bonds is 4. The molecule has 2 heterocycles. The lowest BCUT2D eigenvalue weighted by Gasteiger charge is -2.39. The molecule has 1 aliphatic heterocycles. The Morgan fingerprint density at radius 3 is 2.67 bits per heavy atom. The van der Waals surface area contributed by atoms with Gasteiger partial charge in [-0.15, -0.1) is 11.8 Å². The van der Waals surface area contributed by atoms with E-state index in [1.54, 1.807) is 30.2 Å². The summed E-state index contributed by atoms with van der Waals surface area (Å²) >= 11 is 1.60. The molecule has 0 saturated carbocycles. The van der Waals surface area contributed by atoms with Gasteiger partial charge in [-0.25, -0.2) is 9.97 Å². The van der Waals surface area contributed by atoms with E-state index in [1.165, 1.54) is 0 Å². The maximum Gasteiger partial charge on any atom is 0.255 e. The number of carbonyl (C=O) groups excluding carboxylic acids is 1. The summed E-state index contributed by atoms with van der Waals surface area (Å²) in [7, 11) is 0. The third-order valence-corrected chi connectivity index (χ3v) is 4.20. The average Bonchev–Trinajstić information content (AvgIpc) is 2.51. The lowest BCUT2D eigenvalue weighted by Crippen LogP contribution is -2.57. The Kier molecular flexibility index (Phi) is 4.06. The van der Waals surface area contributed by atoms with Crippen LogP contribution in [-0.2, 0) is 0 Å². The monoisotopic (exact) mass is 300 g/mol. The van der Waals surface area contributed by atoms with Gasteiger partial charge < -0.3 is 10.2 Å². The van der Waals surface area contributed by atoms with Gasteiger partial charge in [0.2, 0.25) is 5.95 Å². The normalized spacial score (nSPS) is 14.6. The van der Waals surface area contributed by atoms with Crippen molar-refractivity contribution >= 4 is 23.6 Å². The molecule has 0 bridgehead atoms. The van der Waals surface area contributed by atoms with Crippen molar-refractivity contribution in [1.29, 1.82) is 0 Å². The number of nitrogens with one attached hydrogen (secondary N) is 1. The molecule has 0 unspecified atom stereocenters. The maximum atomic E-state index is 12.5. The van der Waals surface area contributed by atoms with Crippen LogP contribution in [0.3, 0.4) is 0 Å². The van der Waals surface area contributed by atoms with Crippen LogP contribution in [0.2, 0.25) is 0 Å². The van der Waals surface area contributed by atoms with E-state index in [0.29, 0.717) is 19.0 Å². The fraction of sp³-hybridized carbons (Fsp3) is 0.267. The molecule has 0 spiro atoms. The van der Waals surface area contributed by atoms with Crippen molar-refractivity contribution < 1.29 is 4.79 Å². The molecule has 1 aliphatic rings. The molecule has 2 aromatic rings. The number of anilines is 1. The first kappa shape index (κ1) is 13.9. The highest BCUT2D eigenvalue weighted by atomic mass is 32.2. The Bertz CT molecular complexity index is 629. The summed E-state index contributed by atoms with van der Waals surface area (Å²) in [6.07, 6.45) is 5.39. The number of hydrogen-bond donors (Lipinski definition) is 1. The quantitative estimate of drug-likeness (QED) is 0.877. The molecule has 6 heteroatoms. The SMILES string of the molecule is CSc1ccccc1C(=O)N1CC(Nc2ncccn2)C1. The summed E-state index contributed by atoms with van der Waals surface area (Å²) in [4.78, 5) is 23.6. The Balaban J connectivity index is 1.60. The van der Waals surface area contributed by atoms with E-state index in [1.807, 2.05) is 35.4 Å². The largest absolute Gasteiger partial charge is 0.348 e. The number of likely N-dealkylation sites (tertiary alicyclic amines) is 1. The molecule has 0 aliphatic carbocycles. The van der Waals surface area contributed by atoms with Crippen molar-refractivity contribution in [1.82, 2.24) is 14.9 Å². The number of aromatic nitrogens is 2. The first-order valence-corrected chi connectivity index (χ1v) is 7.96. The van der Waals surface area contributed by atoms with Crippen LogP contribution >= 0.6 is 11.8 Å². The van der Waals surface area contributed by atoms with Crippen LogP contribution in [0.15, 0.2) is 47.6 Å². The Morgan fingerprint density at radius 1 is 1.24 bits per heavy atom. The van der Waals surface area contributed by atoms with Crippen molar-refractivity contribution in [2.45, 2.75) is 10.9 Å². The van der Waals surface area contributed by atoms with E-state index < -0.39 is 0 Å². The minimum absolute atomic E-state index is 0.0898. The number of carbonyl (C=O) groups is 1. The predicted molar refractivity (Wildman–Crippen MR) is 83.6 cm³/mol. The van der Waals surface area contributed by atoms with Crippen molar-refractivity contribution in [2.75, 3.05) is 24.7 Å². The third kappa shape index (κ3) is 3.00. The van der Waals surface area contributed by atoms with Gasteiger partial charge in [-0.2, -0.15) is 0 Å². The van der Waals surface area contributed by atoms with E-state index >= 15 is 0 Å². The molecular formula is C15H16N4OS. The highest BCUT2D eigenvalue weighted by Gasteiger charge is 2.32. The number of benzene rings is 1. The zero-order valence-electron chi connectivity index (χ0n) is 11.7. The third-order valence-electron chi connectivity index (χ3n) is 3.41. The molecule has 1 fully saturated rings. The van der Waals surface area contributed by atoms with Crippen LogP contribution in [0.4, 0.5) is 5.95 Å². The predicted octanol–water partition coefficient (Wildman–Crippen LogP) is 2.13. The summed E-state index contributed by atoms with van der Waals surface area (Å²) < 4.78 is 0. The number of hydrogen-bond acceptors (Lipinski definition) is 5. The zero-order valence-corrected chi connectivity index (χ0v) is 12.5. The van der Waals surface area contributed by atoms with Crippen molar-refractivity contribution in [3.8, 4) is 0 Å². The summed E-state index contributed by atoms with van der Waals surface area (Å²) in [6.45, 7) is 1.36. The molecule has 1 amide bonds. The van der Waals surface area contributed by atoms with Gasteiger partial charge >= 0.3 is 0 Å². The molecule has 0 atom stereocenters. The molecular weight excluding hydrogens is 284 g/mol. The highest BCUT2D eigenvalue weighted by molar-refractivity contribution is 7.98. The Labute approximate surface area is 127 Å². The van der Waals surface area contributed by atoms with Gasteiger partial charge in [0.25, 0.3) is 5.91 Å². The molecule has 0 radical (unpaired) electrons. The van der Waals surface area contributed by atoms with Gasteiger partial charge in [0.05, 0.1) is 11.6 Å². The van der Waals surface area contributed by atoms with E-state index in [2.05, 4.69) is 15.3 Å². The number of nitrogens with zero attached hydrogens (tertiary/aromatic N) is 3. The van der Waals surface area contributed by atoms with Crippen LogP contribution < -0.4 is 5.32 Å². The maximum absolute atomic E-state index is 12.5. The zero-order chi connectivity index (χ0) is 14.7. The molecule has 1 N–H and O–H groups in total. The Hall–Kier alpha value is -2.08. The van der Waals surface area contributed by atoms with Gasteiger partial charge in [0.15, 0.2) is 0 Å². The van der Waals surface area contributed by atoms with Crippen LogP contribution in [0.25, 0.3) is 0 Å². The van der Waals surface area contributed by atoms with Gasteiger partial charge in [-0.05, 0) is 24.5 Å². The summed E-state index contributed by atoms with van der Waals surface area (Å²) in [5.74, 6) is 0.700. The molecule has 21 heavy (non-hydrogen) atoms. The molecule has 108 valence electrons. The van der Waals surface area contributed by atoms with E-state index in [9.17, 15) is 4.79 Å². The summed E-state index contributed by atoms with van der Waals surface area (Å²) in [5, 5.41) is 3.22. The molecule has 1 aromatic carbocycles. The van der Waals surface area contributed by atoms with Crippen molar-refractivity contribution in [3.05, 3.63) is 48.3 Å². The lowest BCUT2D eigenvalue weighted by molar-refractivity contribution is 0.0621. The first-order valence-electron chi connectivity index (χ1n) is 6.74. The van der Waals surface area contributed by atoms with Crippen LogP contribution in [0.5, 0.6) is 0 Å². The smallest absolute Gasteiger partial charge is 0.255 e. The first-order chi connectivity index (χ1) is 10.3. The minimum atomic E-state index is 0.0898. The van der Waals surface area contributed by atoms with Crippen LogP contribution in [-0.4, -0.2) is 46.2 Å². The lowest BCUT2D eigenvalue weighted by atomic mass is 10.1. The van der Waals surface area contributed by atoms with Gasteiger partial charge in [0.1, 0.15) is 0 Å². The van der Waals surface area contributed by atoms with E-state index in [-0.39, 0.29) is 11.9 Å². The van der Waals surface area contributed by atoms with Crippen molar-refractivity contribution in [2.24, 2.45) is 0 Å². The second-order valence-electron chi connectivity index (χ2n) is 4.82. The fourth-order valence-corrected chi connectivity index (χ4v) is 2.87. The topological polar surface area (TPSA) is 58.1 Å². The van der Waals surface area contributed by atoms with Gasteiger partial charge in [-0.3, -0.25) is 4.79 Å². The van der Waals surface area contributed by atoms with Crippen LogP contribution in [0, 0.1) is 0 Å². The molecule has 1 aromatic heterocycles. The molecule has 1 saturated heterocycles. The van der Waals surface area contributed by atoms with Crippen molar-refractivity contribution in [3.63, 3.8) is 0 Å². The van der Waals surface area contributed by atoms with E-state index in [4.69, 9.17) is 0 Å². The number of amides is 1. The van der Waals surface area contributed by atoms with E-state index in [0.717, 1.165) is 10.5 Å².